The number of nitrogens with zero attached hydrogens (tertiary/aromatic N) is 1. The molecule has 0 bridgehead atoms. The second kappa shape index (κ2) is 7.43. The van der Waals surface area contributed by atoms with E-state index in [4.69, 9.17) is 9.40 Å². The first-order valence-corrected chi connectivity index (χ1v) is 10.6. The number of thiazole rings is 1. The van der Waals surface area contributed by atoms with Gasteiger partial charge >= 0.3 is 5.63 Å². The van der Waals surface area contributed by atoms with Crippen LogP contribution in [0.15, 0.2) is 86.5 Å². The van der Waals surface area contributed by atoms with Gasteiger partial charge in [0.1, 0.15) is 10.6 Å². The SMILES string of the molecule is O=c1oc2ccc(Br)cc2cc1/C=C/c1ccc(-c2nc3ccccc3s2)cc1. The van der Waals surface area contributed by atoms with Crippen molar-refractivity contribution in [2.75, 3.05) is 0 Å². The van der Waals surface area contributed by atoms with Gasteiger partial charge in [0.15, 0.2) is 0 Å². The van der Waals surface area contributed by atoms with E-state index >= 15 is 0 Å². The van der Waals surface area contributed by atoms with E-state index in [1.54, 1.807) is 23.5 Å². The quantitative estimate of drug-likeness (QED) is 0.272. The van der Waals surface area contributed by atoms with Crippen molar-refractivity contribution in [1.82, 2.24) is 4.98 Å². The molecule has 140 valence electrons. The fourth-order valence-electron chi connectivity index (χ4n) is 3.14. The molecule has 0 radical (unpaired) electrons. The molecule has 0 saturated heterocycles. The molecule has 5 heteroatoms. The molecule has 0 aliphatic carbocycles. The minimum atomic E-state index is -0.345. The van der Waals surface area contributed by atoms with Crippen molar-refractivity contribution in [2.45, 2.75) is 0 Å². The Bertz CT molecular complexity index is 1400. The maximum atomic E-state index is 12.2. The van der Waals surface area contributed by atoms with Crippen LogP contribution in [-0.2, 0) is 0 Å². The van der Waals surface area contributed by atoms with Crippen LogP contribution in [0.4, 0.5) is 0 Å². The summed E-state index contributed by atoms with van der Waals surface area (Å²) < 4.78 is 7.53. The predicted octanol–water partition coefficient (Wildman–Crippen LogP) is 7.00. The van der Waals surface area contributed by atoms with E-state index < -0.39 is 0 Å². The fourth-order valence-corrected chi connectivity index (χ4v) is 4.49. The zero-order valence-corrected chi connectivity index (χ0v) is 17.5. The average molecular weight is 460 g/mol. The molecule has 0 spiro atoms. The first kappa shape index (κ1) is 18.0. The second-order valence-electron chi connectivity index (χ2n) is 6.61. The summed E-state index contributed by atoms with van der Waals surface area (Å²) in [6.07, 6.45) is 3.71. The van der Waals surface area contributed by atoms with Crippen LogP contribution in [0.2, 0.25) is 0 Å². The topological polar surface area (TPSA) is 43.1 Å². The Morgan fingerprint density at radius 2 is 1.76 bits per heavy atom. The van der Waals surface area contributed by atoms with Crippen molar-refractivity contribution in [1.29, 1.82) is 0 Å². The van der Waals surface area contributed by atoms with Gasteiger partial charge in [0.05, 0.1) is 15.8 Å². The molecule has 0 amide bonds. The minimum Gasteiger partial charge on any atom is -0.422 e. The molecule has 5 aromatic rings. The highest BCUT2D eigenvalue weighted by Gasteiger charge is 2.06. The summed E-state index contributed by atoms with van der Waals surface area (Å²) in [5.74, 6) is 0. The molecule has 0 aliphatic rings. The Balaban J connectivity index is 1.43. The molecule has 3 aromatic carbocycles. The van der Waals surface area contributed by atoms with E-state index in [0.717, 1.165) is 31.5 Å². The van der Waals surface area contributed by atoms with Crippen LogP contribution in [0.1, 0.15) is 11.1 Å². The van der Waals surface area contributed by atoms with Gasteiger partial charge in [-0.05, 0) is 48.0 Å². The third kappa shape index (κ3) is 3.67. The van der Waals surface area contributed by atoms with Crippen molar-refractivity contribution < 1.29 is 4.42 Å². The minimum absolute atomic E-state index is 0.345. The van der Waals surface area contributed by atoms with Gasteiger partial charge in [0.25, 0.3) is 0 Å². The first-order chi connectivity index (χ1) is 14.2. The summed E-state index contributed by atoms with van der Waals surface area (Å²) >= 11 is 5.13. The number of rotatable bonds is 3. The number of hydrogen-bond acceptors (Lipinski definition) is 4. The number of para-hydroxylation sites is 1. The van der Waals surface area contributed by atoms with E-state index in [2.05, 4.69) is 34.1 Å². The number of halogens is 1. The standard InChI is InChI=1S/C24H14BrNO2S/c25-19-11-12-21-18(14-19)13-17(24(27)28-21)10-7-15-5-8-16(9-6-15)23-26-20-3-1-2-4-22(20)29-23/h1-14H/b10-7+. The van der Waals surface area contributed by atoms with Gasteiger partial charge in [0, 0.05) is 15.4 Å². The summed E-state index contributed by atoms with van der Waals surface area (Å²) in [5.41, 5.74) is 3.86. The van der Waals surface area contributed by atoms with E-state index in [0.29, 0.717) is 11.1 Å². The Labute approximate surface area is 179 Å². The van der Waals surface area contributed by atoms with Crippen molar-refractivity contribution in [2.24, 2.45) is 0 Å². The van der Waals surface area contributed by atoms with Crippen LogP contribution in [0.5, 0.6) is 0 Å². The Hall–Kier alpha value is -3.02. The molecular weight excluding hydrogens is 446 g/mol. The van der Waals surface area contributed by atoms with E-state index in [-0.39, 0.29) is 5.63 Å². The fraction of sp³-hybridized carbons (Fsp3) is 0. The van der Waals surface area contributed by atoms with Crippen LogP contribution in [0.25, 0.3) is 43.9 Å². The lowest BCUT2D eigenvalue weighted by Crippen LogP contribution is -2.02. The zero-order chi connectivity index (χ0) is 19.8. The van der Waals surface area contributed by atoms with Crippen LogP contribution < -0.4 is 5.63 Å². The summed E-state index contributed by atoms with van der Waals surface area (Å²) in [4.78, 5) is 16.9. The molecule has 5 rings (SSSR count). The predicted molar refractivity (Wildman–Crippen MR) is 124 cm³/mol. The highest BCUT2D eigenvalue weighted by atomic mass is 79.9. The number of aromatic nitrogens is 1. The van der Waals surface area contributed by atoms with Gasteiger partial charge in [-0.3, -0.25) is 0 Å². The van der Waals surface area contributed by atoms with E-state index in [9.17, 15) is 4.79 Å². The molecule has 0 atom stereocenters. The molecule has 0 aliphatic heterocycles. The van der Waals surface area contributed by atoms with Crippen LogP contribution >= 0.6 is 27.3 Å². The number of hydrogen-bond donors (Lipinski definition) is 0. The van der Waals surface area contributed by atoms with Gasteiger partial charge in [0.2, 0.25) is 0 Å². The molecule has 2 aromatic heterocycles. The van der Waals surface area contributed by atoms with E-state index in [1.165, 1.54) is 4.70 Å². The lowest BCUT2D eigenvalue weighted by molar-refractivity contribution is 0.559. The molecule has 0 N–H and O–H groups in total. The highest BCUT2D eigenvalue weighted by Crippen LogP contribution is 2.30. The molecule has 0 saturated carbocycles. The Kier molecular flexibility index (Phi) is 4.62. The normalized spacial score (nSPS) is 11.6. The van der Waals surface area contributed by atoms with Crippen molar-refractivity contribution in [3.8, 4) is 10.6 Å². The Morgan fingerprint density at radius 3 is 2.59 bits per heavy atom. The average Bonchev–Trinajstić information content (AvgIpc) is 3.17. The number of fused-ring (bicyclic) bond motifs is 2. The third-order valence-electron chi connectivity index (χ3n) is 4.63. The second-order valence-corrected chi connectivity index (χ2v) is 8.56. The first-order valence-electron chi connectivity index (χ1n) is 9.03. The monoisotopic (exact) mass is 459 g/mol. The van der Waals surface area contributed by atoms with Gasteiger partial charge in [-0.1, -0.05) is 58.4 Å². The molecule has 3 nitrogen and oxygen atoms in total. The summed E-state index contributed by atoms with van der Waals surface area (Å²) in [6.45, 7) is 0. The highest BCUT2D eigenvalue weighted by molar-refractivity contribution is 9.10. The zero-order valence-electron chi connectivity index (χ0n) is 15.1. The molecule has 0 unspecified atom stereocenters. The summed E-state index contributed by atoms with van der Waals surface area (Å²) in [7, 11) is 0. The molecule has 2 heterocycles. The summed E-state index contributed by atoms with van der Waals surface area (Å²) in [6, 6.07) is 23.7. The van der Waals surface area contributed by atoms with E-state index in [1.807, 2.05) is 54.6 Å². The van der Waals surface area contributed by atoms with Crippen molar-refractivity contribution in [3.05, 3.63) is 98.8 Å². The Morgan fingerprint density at radius 1 is 0.931 bits per heavy atom. The van der Waals surface area contributed by atoms with Crippen LogP contribution in [0, 0.1) is 0 Å². The van der Waals surface area contributed by atoms with Crippen molar-refractivity contribution in [3.63, 3.8) is 0 Å². The largest absolute Gasteiger partial charge is 0.422 e. The van der Waals surface area contributed by atoms with Gasteiger partial charge < -0.3 is 4.42 Å². The van der Waals surface area contributed by atoms with Gasteiger partial charge in [-0.15, -0.1) is 11.3 Å². The number of benzene rings is 3. The third-order valence-corrected chi connectivity index (χ3v) is 6.21. The molecule has 0 fully saturated rings. The molecule has 29 heavy (non-hydrogen) atoms. The maximum Gasteiger partial charge on any atom is 0.343 e. The van der Waals surface area contributed by atoms with Crippen LogP contribution in [0.3, 0.4) is 0 Å². The lowest BCUT2D eigenvalue weighted by Gasteiger charge is -2.00. The summed E-state index contributed by atoms with van der Waals surface area (Å²) in [5, 5.41) is 1.88. The molecular formula is C24H14BrNO2S. The maximum absolute atomic E-state index is 12.2. The van der Waals surface area contributed by atoms with Gasteiger partial charge in [-0.25, -0.2) is 9.78 Å². The lowest BCUT2D eigenvalue weighted by atomic mass is 10.1. The van der Waals surface area contributed by atoms with Crippen molar-refractivity contribution >= 4 is 60.6 Å². The smallest absolute Gasteiger partial charge is 0.343 e. The van der Waals surface area contributed by atoms with Crippen LogP contribution in [-0.4, -0.2) is 4.98 Å². The van der Waals surface area contributed by atoms with Gasteiger partial charge in [-0.2, -0.15) is 0 Å².